The maximum Gasteiger partial charge on any atom is 0.162 e. The van der Waals surface area contributed by atoms with Crippen molar-refractivity contribution in [3.63, 3.8) is 0 Å². The molecule has 1 atom stereocenters. The molecule has 0 heterocycles. The Kier molecular flexibility index (Phi) is 3.54. The fraction of sp³-hybridized carbons (Fsp3) is 0.500. The summed E-state index contributed by atoms with van der Waals surface area (Å²) in [5.41, 5.74) is 3.52. The van der Waals surface area contributed by atoms with Gasteiger partial charge in [0.25, 0.3) is 0 Å². The van der Waals surface area contributed by atoms with Crippen molar-refractivity contribution < 1.29 is 4.79 Å². The van der Waals surface area contributed by atoms with E-state index in [9.17, 15) is 4.79 Å². The second kappa shape index (κ2) is 5.32. The van der Waals surface area contributed by atoms with E-state index in [0.29, 0.717) is 17.6 Å². The first-order chi connectivity index (χ1) is 9.25. The first-order valence-electron chi connectivity index (χ1n) is 7.56. The van der Waals surface area contributed by atoms with E-state index >= 15 is 0 Å². The van der Waals surface area contributed by atoms with Crippen LogP contribution >= 0.6 is 0 Å². The Labute approximate surface area is 115 Å². The molecule has 0 aromatic heterocycles. The van der Waals surface area contributed by atoms with Gasteiger partial charge in [-0.05, 0) is 61.3 Å². The number of carbonyl (C=O) groups is 1. The highest BCUT2D eigenvalue weighted by Gasteiger charge is 2.36. The van der Waals surface area contributed by atoms with E-state index in [-0.39, 0.29) is 0 Å². The van der Waals surface area contributed by atoms with E-state index in [4.69, 9.17) is 0 Å². The van der Waals surface area contributed by atoms with Gasteiger partial charge in [0.2, 0.25) is 0 Å². The topological polar surface area (TPSA) is 17.1 Å². The average Bonchev–Trinajstić information content (AvgIpc) is 3.03. The molecule has 100 valence electrons. The van der Waals surface area contributed by atoms with Crippen LogP contribution in [0.4, 0.5) is 0 Å². The Bertz CT molecular complexity index is 506. The van der Waals surface area contributed by atoms with Crippen molar-refractivity contribution in [1.29, 1.82) is 0 Å². The number of hydrogen-bond acceptors (Lipinski definition) is 1. The highest BCUT2D eigenvalue weighted by Crippen LogP contribution is 2.40. The van der Waals surface area contributed by atoms with Gasteiger partial charge in [0.1, 0.15) is 0 Å². The van der Waals surface area contributed by atoms with Gasteiger partial charge >= 0.3 is 0 Å². The Morgan fingerprint density at radius 3 is 2.58 bits per heavy atom. The maximum absolute atomic E-state index is 12.5. The number of rotatable bonds is 2. The number of aryl methyl sites for hydroxylation is 1. The van der Waals surface area contributed by atoms with Gasteiger partial charge in [-0.2, -0.15) is 0 Å². The van der Waals surface area contributed by atoms with Gasteiger partial charge in [-0.3, -0.25) is 4.79 Å². The molecule has 0 bridgehead atoms. The Balaban J connectivity index is 1.80. The summed E-state index contributed by atoms with van der Waals surface area (Å²) in [5.74, 6) is 1.45. The van der Waals surface area contributed by atoms with Gasteiger partial charge < -0.3 is 0 Å². The summed E-state index contributed by atoms with van der Waals surface area (Å²) >= 11 is 0. The van der Waals surface area contributed by atoms with Crippen molar-refractivity contribution in [2.45, 2.75) is 45.4 Å². The molecule has 0 radical (unpaired) electrons. The highest BCUT2D eigenvalue weighted by molar-refractivity contribution is 6.03. The Morgan fingerprint density at radius 2 is 1.84 bits per heavy atom. The third-order valence-corrected chi connectivity index (χ3v) is 4.86. The van der Waals surface area contributed by atoms with E-state index in [1.807, 2.05) is 6.07 Å². The minimum absolute atomic E-state index is 0.331. The molecule has 1 aromatic rings. The van der Waals surface area contributed by atoms with Gasteiger partial charge in [-0.15, -0.1) is 0 Å². The fourth-order valence-corrected chi connectivity index (χ4v) is 3.69. The van der Waals surface area contributed by atoms with Crippen molar-refractivity contribution in [1.82, 2.24) is 0 Å². The van der Waals surface area contributed by atoms with Gasteiger partial charge in [-0.1, -0.05) is 37.1 Å². The molecule has 0 amide bonds. The number of benzene rings is 1. The van der Waals surface area contributed by atoms with E-state index in [0.717, 1.165) is 18.4 Å². The summed E-state index contributed by atoms with van der Waals surface area (Å²) in [6.07, 6.45) is 9.39. The number of Topliss-reactive ketones (excluding diaryl/α,β-unsaturated/α-hetero) is 1. The molecule has 2 aliphatic carbocycles. The van der Waals surface area contributed by atoms with Crippen LogP contribution in [0.5, 0.6) is 0 Å². The predicted octanol–water partition coefficient (Wildman–Crippen LogP) is 4.55. The van der Waals surface area contributed by atoms with Crippen LogP contribution in [0.2, 0.25) is 0 Å². The lowest BCUT2D eigenvalue weighted by molar-refractivity contribution is -0.119. The minimum Gasteiger partial charge on any atom is -0.294 e. The normalized spacial score (nSPS) is 26.5. The predicted molar refractivity (Wildman–Crippen MR) is 78.8 cm³/mol. The molecule has 1 aromatic carbocycles. The molecule has 2 aliphatic rings. The monoisotopic (exact) mass is 254 g/mol. The van der Waals surface area contributed by atoms with E-state index < -0.39 is 0 Å². The van der Waals surface area contributed by atoms with Crippen LogP contribution in [0, 0.1) is 18.8 Å². The van der Waals surface area contributed by atoms with Gasteiger partial charge in [0.05, 0.1) is 0 Å². The van der Waals surface area contributed by atoms with Crippen LogP contribution in [0.15, 0.2) is 29.8 Å². The molecule has 0 aliphatic heterocycles. The highest BCUT2D eigenvalue weighted by atomic mass is 16.1. The first kappa shape index (κ1) is 12.7. The van der Waals surface area contributed by atoms with Crippen molar-refractivity contribution in [2.75, 3.05) is 0 Å². The third kappa shape index (κ3) is 2.51. The van der Waals surface area contributed by atoms with Crippen LogP contribution in [0.3, 0.4) is 0 Å². The fourth-order valence-electron chi connectivity index (χ4n) is 3.69. The van der Waals surface area contributed by atoms with Gasteiger partial charge in [0.15, 0.2) is 5.78 Å². The lowest BCUT2D eigenvalue weighted by atomic mass is 9.88. The standard InChI is InChI=1S/C18H22O/c1-13-6-2-3-9-15(13)12-16-10-11-17(18(16)19)14-7-4-5-8-14/h2-3,6,9,12,14,17H,4-5,7-8,10-11H2,1H3/b16-12+/t17-/m0/s1. The molecular weight excluding hydrogens is 232 g/mol. The van der Waals surface area contributed by atoms with Crippen molar-refractivity contribution in [2.24, 2.45) is 11.8 Å². The largest absolute Gasteiger partial charge is 0.294 e. The lowest BCUT2D eigenvalue weighted by Crippen LogP contribution is -2.16. The summed E-state index contributed by atoms with van der Waals surface area (Å²) in [5, 5.41) is 0. The van der Waals surface area contributed by atoms with E-state index in [1.165, 1.54) is 36.8 Å². The van der Waals surface area contributed by atoms with Crippen molar-refractivity contribution >= 4 is 11.9 Å². The molecule has 0 saturated heterocycles. The van der Waals surface area contributed by atoms with Crippen LogP contribution in [0.1, 0.15) is 49.7 Å². The summed E-state index contributed by atoms with van der Waals surface area (Å²) in [7, 11) is 0. The van der Waals surface area contributed by atoms with Crippen molar-refractivity contribution in [3.05, 3.63) is 41.0 Å². The second-order valence-electron chi connectivity index (χ2n) is 6.08. The number of carbonyl (C=O) groups excluding carboxylic acids is 1. The van der Waals surface area contributed by atoms with Crippen molar-refractivity contribution in [3.8, 4) is 0 Å². The second-order valence-corrected chi connectivity index (χ2v) is 6.08. The van der Waals surface area contributed by atoms with Crippen LogP contribution in [-0.4, -0.2) is 5.78 Å². The zero-order valence-corrected chi connectivity index (χ0v) is 11.7. The Hall–Kier alpha value is -1.37. The molecular formula is C18H22O. The molecule has 1 nitrogen and oxygen atoms in total. The number of allylic oxidation sites excluding steroid dienone is 1. The summed E-state index contributed by atoms with van der Waals surface area (Å²) in [6.45, 7) is 2.11. The number of hydrogen-bond donors (Lipinski definition) is 0. The van der Waals surface area contributed by atoms with Crippen LogP contribution in [-0.2, 0) is 4.79 Å². The molecule has 2 saturated carbocycles. The van der Waals surface area contributed by atoms with Crippen LogP contribution < -0.4 is 0 Å². The lowest BCUT2D eigenvalue weighted by Gasteiger charge is -2.15. The van der Waals surface area contributed by atoms with Gasteiger partial charge in [0, 0.05) is 5.92 Å². The smallest absolute Gasteiger partial charge is 0.162 e. The first-order valence-corrected chi connectivity index (χ1v) is 7.56. The van der Waals surface area contributed by atoms with E-state index in [2.05, 4.69) is 31.2 Å². The molecule has 19 heavy (non-hydrogen) atoms. The summed E-state index contributed by atoms with van der Waals surface area (Å²) < 4.78 is 0. The van der Waals surface area contributed by atoms with Crippen LogP contribution in [0.25, 0.3) is 6.08 Å². The molecule has 0 unspecified atom stereocenters. The Morgan fingerprint density at radius 1 is 1.11 bits per heavy atom. The molecule has 3 rings (SSSR count). The SMILES string of the molecule is Cc1ccccc1/C=C1\CC[C@@H](C2CCCC2)C1=O. The third-order valence-electron chi connectivity index (χ3n) is 4.86. The molecule has 0 spiro atoms. The minimum atomic E-state index is 0.331. The number of ketones is 1. The summed E-state index contributed by atoms with van der Waals surface area (Å²) in [6, 6.07) is 8.32. The maximum atomic E-state index is 12.5. The molecule has 0 N–H and O–H groups in total. The molecule has 2 fully saturated rings. The van der Waals surface area contributed by atoms with Gasteiger partial charge in [-0.25, -0.2) is 0 Å². The molecule has 1 heteroatoms. The zero-order valence-electron chi connectivity index (χ0n) is 11.7. The summed E-state index contributed by atoms with van der Waals surface area (Å²) in [4.78, 5) is 12.5. The quantitative estimate of drug-likeness (QED) is 0.708. The average molecular weight is 254 g/mol. The van der Waals surface area contributed by atoms with E-state index in [1.54, 1.807) is 0 Å². The zero-order chi connectivity index (χ0) is 13.2.